The lowest BCUT2D eigenvalue weighted by Crippen LogP contribution is -2.38. The largest absolute Gasteiger partial charge is 0.465 e. The normalized spacial score (nSPS) is 13.2. The summed E-state index contributed by atoms with van der Waals surface area (Å²) in [6, 6.07) is 8.80. The molecule has 1 aromatic rings. The lowest BCUT2D eigenvalue weighted by molar-refractivity contribution is -0.148. The van der Waals surface area contributed by atoms with Gasteiger partial charge in [-0.1, -0.05) is 25.1 Å². The van der Waals surface area contributed by atoms with Crippen molar-refractivity contribution in [2.45, 2.75) is 27.2 Å². The van der Waals surface area contributed by atoms with Crippen LogP contribution in [0.3, 0.4) is 0 Å². The molecular formula is C17H24O5. The Morgan fingerprint density at radius 3 is 2.18 bits per heavy atom. The van der Waals surface area contributed by atoms with Gasteiger partial charge in [0.05, 0.1) is 17.6 Å². The van der Waals surface area contributed by atoms with Crippen molar-refractivity contribution in [3.8, 4) is 0 Å². The van der Waals surface area contributed by atoms with Crippen LogP contribution >= 0.6 is 0 Å². The molecule has 0 aromatic heterocycles. The second-order valence-corrected chi connectivity index (χ2v) is 5.21. The second-order valence-electron chi connectivity index (χ2n) is 5.21. The summed E-state index contributed by atoms with van der Waals surface area (Å²) < 4.78 is 16.0. The topological polar surface area (TPSA) is 61.8 Å². The van der Waals surface area contributed by atoms with Gasteiger partial charge in [0.25, 0.3) is 0 Å². The molecule has 0 bridgehead atoms. The Morgan fingerprint density at radius 1 is 1.00 bits per heavy atom. The molecule has 0 aliphatic rings. The first-order valence-electron chi connectivity index (χ1n) is 7.46. The standard InChI is InChI=1S/C17H24O5/c1-4-17(11-20-5-2,12-21-14(3)18)13-22-16(19)15-9-7-6-8-10-15/h6-10H,4-5,11-13H2,1-3H3. The van der Waals surface area contributed by atoms with Crippen molar-refractivity contribution in [3.63, 3.8) is 0 Å². The Morgan fingerprint density at radius 2 is 1.64 bits per heavy atom. The van der Waals surface area contributed by atoms with Crippen molar-refractivity contribution in [2.75, 3.05) is 26.4 Å². The molecule has 22 heavy (non-hydrogen) atoms. The molecule has 0 fully saturated rings. The fourth-order valence-corrected chi connectivity index (χ4v) is 1.88. The molecule has 1 atom stereocenters. The highest BCUT2D eigenvalue weighted by molar-refractivity contribution is 5.89. The highest BCUT2D eigenvalue weighted by Crippen LogP contribution is 2.24. The molecule has 0 saturated heterocycles. The highest BCUT2D eigenvalue weighted by atomic mass is 16.6. The van der Waals surface area contributed by atoms with E-state index < -0.39 is 11.4 Å². The third-order valence-electron chi connectivity index (χ3n) is 3.46. The predicted molar refractivity (Wildman–Crippen MR) is 82.6 cm³/mol. The molecule has 0 radical (unpaired) electrons. The lowest BCUT2D eigenvalue weighted by Gasteiger charge is -2.31. The summed E-state index contributed by atoms with van der Waals surface area (Å²) in [5.41, 5.74) is -0.0250. The fraction of sp³-hybridized carbons (Fsp3) is 0.529. The van der Waals surface area contributed by atoms with Crippen LogP contribution in [0.1, 0.15) is 37.6 Å². The van der Waals surface area contributed by atoms with E-state index in [0.717, 1.165) is 0 Å². The summed E-state index contributed by atoms with van der Waals surface area (Å²) >= 11 is 0. The van der Waals surface area contributed by atoms with Gasteiger partial charge in [-0.3, -0.25) is 4.79 Å². The molecular weight excluding hydrogens is 284 g/mol. The third kappa shape index (κ3) is 5.85. The van der Waals surface area contributed by atoms with Crippen molar-refractivity contribution >= 4 is 11.9 Å². The first-order valence-corrected chi connectivity index (χ1v) is 7.46. The van der Waals surface area contributed by atoms with E-state index in [1.54, 1.807) is 24.3 Å². The Hall–Kier alpha value is -1.88. The van der Waals surface area contributed by atoms with E-state index in [0.29, 0.717) is 25.2 Å². The summed E-state index contributed by atoms with van der Waals surface area (Å²) in [5.74, 6) is -0.749. The smallest absolute Gasteiger partial charge is 0.338 e. The van der Waals surface area contributed by atoms with Crippen molar-refractivity contribution in [3.05, 3.63) is 35.9 Å². The number of rotatable bonds is 9. The van der Waals surface area contributed by atoms with Crippen molar-refractivity contribution in [1.29, 1.82) is 0 Å². The van der Waals surface area contributed by atoms with Crippen molar-refractivity contribution in [2.24, 2.45) is 5.41 Å². The first-order chi connectivity index (χ1) is 10.5. The van der Waals surface area contributed by atoms with Crippen LogP contribution < -0.4 is 0 Å². The Kier molecular flexibility index (Phi) is 7.60. The molecule has 5 nitrogen and oxygen atoms in total. The molecule has 1 rings (SSSR count). The van der Waals surface area contributed by atoms with Gasteiger partial charge >= 0.3 is 11.9 Å². The van der Waals surface area contributed by atoms with E-state index in [9.17, 15) is 9.59 Å². The van der Waals surface area contributed by atoms with Crippen LogP contribution in [0.25, 0.3) is 0 Å². The number of hydrogen-bond donors (Lipinski definition) is 0. The predicted octanol–water partition coefficient (Wildman–Crippen LogP) is 2.84. The highest BCUT2D eigenvalue weighted by Gasteiger charge is 2.32. The van der Waals surface area contributed by atoms with Crippen LogP contribution in [0.2, 0.25) is 0 Å². The van der Waals surface area contributed by atoms with Gasteiger partial charge in [-0.15, -0.1) is 0 Å². The second kappa shape index (κ2) is 9.20. The third-order valence-corrected chi connectivity index (χ3v) is 3.46. The zero-order chi connectivity index (χ0) is 16.4. The summed E-state index contributed by atoms with van der Waals surface area (Å²) in [7, 11) is 0. The molecule has 5 heteroatoms. The van der Waals surface area contributed by atoms with E-state index in [1.807, 2.05) is 19.9 Å². The van der Waals surface area contributed by atoms with Gasteiger partial charge in [0.2, 0.25) is 0 Å². The maximum atomic E-state index is 12.0. The van der Waals surface area contributed by atoms with Gasteiger partial charge in [0.1, 0.15) is 13.2 Å². The van der Waals surface area contributed by atoms with E-state index in [4.69, 9.17) is 14.2 Å². The Labute approximate surface area is 131 Å². The van der Waals surface area contributed by atoms with Crippen molar-refractivity contribution in [1.82, 2.24) is 0 Å². The van der Waals surface area contributed by atoms with Gasteiger partial charge in [-0.05, 0) is 25.5 Å². The fourth-order valence-electron chi connectivity index (χ4n) is 1.88. The van der Waals surface area contributed by atoms with E-state index in [1.165, 1.54) is 6.92 Å². The molecule has 1 unspecified atom stereocenters. The van der Waals surface area contributed by atoms with Crippen LogP contribution in [0.4, 0.5) is 0 Å². The number of benzene rings is 1. The Bertz CT molecular complexity index is 471. The summed E-state index contributed by atoms with van der Waals surface area (Å²) in [4.78, 5) is 23.1. The maximum absolute atomic E-state index is 12.0. The van der Waals surface area contributed by atoms with Gasteiger partial charge in [0, 0.05) is 13.5 Å². The molecule has 0 aliphatic carbocycles. The van der Waals surface area contributed by atoms with E-state index in [-0.39, 0.29) is 19.2 Å². The van der Waals surface area contributed by atoms with Gasteiger partial charge in [0.15, 0.2) is 0 Å². The van der Waals surface area contributed by atoms with Gasteiger partial charge < -0.3 is 14.2 Å². The van der Waals surface area contributed by atoms with Crippen LogP contribution in [0, 0.1) is 5.41 Å². The molecule has 122 valence electrons. The average Bonchev–Trinajstić information content (AvgIpc) is 2.55. The molecule has 0 saturated carbocycles. The SMILES string of the molecule is CCOCC(CC)(COC(C)=O)COC(=O)c1ccccc1. The molecule has 0 N–H and O–H groups in total. The number of carbonyl (C=O) groups excluding carboxylic acids is 2. The minimum Gasteiger partial charge on any atom is -0.465 e. The first kappa shape index (κ1) is 18.2. The lowest BCUT2D eigenvalue weighted by atomic mass is 9.88. The number of esters is 2. The number of carbonyl (C=O) groups is 2. The summed E-state index contributed by atoms with van der Waals surface area (Å²) in [6.45, 7) is 6.44. The number of hydrogen-bond acceptors (Lipinski definition) is 5. The molecule has 0 amide bonds. The Balaban J connectivity index is 2.69. The van der Waals surface area contributed by atoms with E-state index >= 15 is 0 Å². The molecule has 0 aliphatic heterocycles. The molecule has 0 heterocycles. The van der Waals surface area contributed by atoms with Crippen LogP contribution in [-0.4, -0.2) is 38.4 Å². The zero-order valence-electron chi connectivity index (χ0n) is 13.5. The quantitative estimate of drug-likeness (QED) is 0.656. The van der Waals surface area contributed by atoms with Gasteiger partial charge in [-0.2, -0.15) is 0 Å². The molecule has 0 spiro atoms. The summed E-state index contributed by atoms with van der Waals surface area (Å²) in [6.07, 6.45) is 0.669. The zero-order valence-corrected chi connectivity index (χ0v) is 13.5. The van der Waals surface area contributed by atoms with Crippen LogP contribution in [-0.2, 0) is 19.0 Å². The maximum Gasteiger partial charge on any atom is 0.338 e. The average molecular weight is 308 g/mol. The van der Waals surface area contributed by atoms with Gasteiger partial charge in [-0.25, -0.2) is 4.79 Å². The van der Waals surface area contributed by atoms with Crippen molar-refractivity contribution < 1.29 is 23.8 Å². The molecule has 1 aromatic carbocycles. The number of ether oxygens (including phenoxy) is 3. The minimum atomic E-state index is -0.522. The minimum absolute atomic E-state index is 0.143. The summed E-state index contributed by atoms with van der Waals surface area (Å²) in [5, 5.41) is 0. The van der Waals surface area contributed by atoms with Crippen LogP contribution in [0.15, 0.2) is 30.3 Å². The van der Waals surface area contributed by atoms with Crippen LogP contribution in [0.5, 0.6) is 0 Å². The monoisotopic (exact) mass is 308 g/mol. The van der Waals surface area contributed by atoms with E-state index in [2.05, 4.69) is 0 Å².